The Bertz CT molecular complexity index is 1420. The van der Waals surface area contributed by atoms with Gasteiger partial charge in [-0.1, -0.05) is 117 Å². The van der Waals surface area contributed by atoms with E-state index in [-0.39, 0.29) is 0 Å². The number of hydrogen-bond donors (Lipinski definition) is 0. The molecule has 2 aliphatic carbocycles. The van der Waals surface area contributed by atoms with Gasteiger partial charge in [0.1, 0.15) is 11.5 Å². The van der Waals surface area contributed by atoms with E-state index in [1.807, 2.05) is 12.1 Å². The van der Waals surface area contributed by atoms with Crippen LogP contribution in [0.15, 0.2) is 91.0 Å². The minimum Gasteiger partial charge on any atom is -0.496 e. The molecule has 2 fully saturated rings. The van der Waals surface area contributed by atoms with E-state index >= 15 is 0 Å². The van der Waals surface area contributed by atoms with E-state index in [0.29, 0.717) is 5.66 Å². The summed E-state index contributed by atoms with van der Waals surface area (Å²) in [5, 5.41) is 4.42. The summed E-state index contributed by atoms with van der Waals surface area (Å²) in [4.78, 5) is 0. The second-order valence-electron chi connectivity index (χ2n) is 11.7. The molecule has 0 aromatic heterocycles. The molecule has 42 heavy (non-hydrogen) atoms. The van der Waals surface area contributed by atoms with Crippen LogP contribution in [0.4, 0.5) is 0 Å². The summed E-state index contributed by atoms with van der Waals surface area (Å²) in [5.41, 5.74) is 4.37. The van der Waals surface area contributed by atoms with Crippen molar-refractivity contribution < 1.29 is 9.47 Å². The summed E-state index contributed by atoms with van der Waals surface area (Å²) in [7, 11) is 2.34. The molecule has 0 bridgehead atoms. The standard InChI is InChI=1S/C38H43O2P2/c1-39-35-22-13-12-21-34(35)38-36(40-2)23-14-24-37(38)42(32-19-10-5-11-20-32)41(31-17-8-4-9-18-31)33-27-25-30(26-28-33)29-15-6-3-7-16-29/h4,8-9,12-14,17-18,22-29,32H,3,5-7,10-11,15-16,19-20H2,1-2H3/t41-,42?/m0/s1. The molecule has 0 spiro atoms. The third-order valence-corrected chi connectivity index (χ3v) is 17.5. The Morgan fingerprint density at radius 3 is 1.95 bits per heavy atom. The van der Waals surface area contributed by atoms with E-state index in [9.17, 15) is 0 Å². The molecule has 6 rings (SSSR count). The first-order valence-corrected chi connectivity index (χ1v) is 19.2. The number of benzene rings is 4. The number of ether oxygens (including phenoxy) is 2. The first-order valence-electron chi connectivity index (χ1n) is 15.7. The van der Waals surface area contributed by atoms with E-state index < -0.39 is 15.2 Å². The molecule has 2 saturated carbocycles. The van der Waals surface area contributed by atoms with Crippen molar-refractivity contribution in [1.29, 1.82) is 0 Å². The lowest BCUT2D eigenvalue weighted by Crippen LogP contribution is -2.24. The number of hydrogen-bond acceptors (Lipinski definition) is 2. The molecule has 2 nitrogen and oxygen atoms in total. The molecule has 4 aromatic rings. The maximum Gasteiger partial charge on any atom is 0.127 e. The molecule has 217 valence electrons. The Morgan fingerprint density at radius 1 is 0.619 bits per heavy atom. The van der Waals surface area contributed by atoms with Gasteiger partial charge in [0.15, 0.2) is 0 Å². The maximum absolute atomic E-state index is 6.09. The molecule has 2 aliphatic rings. The van der Waals surface area contributed by atoms with E-state index in [4.69, 9.17) is 9.47 Å². The predicted molar refractivity (Wildman–Crippen MR) is 182 cm³/mol. The van der Waals surface area contributed by atoms with Crippen LogP contribution in [-0.4, -0.2) is 19.9 Å². The van der Waals surface area contributed by atoms with E-state index in [1.54, 1.807) is 14.2 Å². The highest BCUT2D eigenvalue weighted by atomic mass is 32.1. The fraction of sp³-hybridized carbons (Fsp3) is 0.368. The topological polar surface area (TPSA) is 18.5 Å². The van der Waals surface area contributed by atoms with Crippen LogP contribution in [-0.2, 0) is 0 Å². The molecule has 2 atom stereocenters. The Kier molecular flexibility index (Phi) is 9.95. The van der Waals surface area contributed by atoms with Gasteiger partial charge in [0.05, 0.1) is 14.2 Å². The van der Waals surface area contributed by atoms with Gasteiger partial charge in [0.25, 0.3) is 0 Å². The molecule has 0 N–H and O–H groups in total. The summed E-state index contributed by atoms with van der Waals surface area (Å²) < 4.78 is 12.0. The Morgan fingerprint density at radius 2 is 1.26 bits per heavy atom. The predicted octanol–water partition coefficient (Wildman–Crippen LogP) is 9.71. The van der Waals surface area contributed by atoms with Crippen molar-refractivity contribution in [3.8, 4) is 22.6 Å². The molecular weight excluding hydrogens is 550 g/mol. The zero-order chi connectivity index (χ0) is 28.7. The van der Waals surface area contributed by atoms with E-state index in [2.05, 4.69) is 84.9 Å². The largest absolute Gasteiger partial charge is 0.496 e. The average Bonchev–Trinajstić information content (AvgIpc) is 3.08. The molecule has 4 heteroatoms. The Balaban J connectivity index is 1.54. The van der Waals surface area contributed by atoms with Crippen molar-refractivity contribution in [2.24, 2.45) is 0 Å². The summed E-state index contributed by atoms with van der Waals surface area (Å²) in [6, 6.07) is 37.6. The molecule has 0 saturated heterocycles. The lowest BCUT2D eigenvalue weighted by Gasteiger charge is -2.39. The van der Waals surface area contributed by atoms with Crippen LogP contribution in [0, 0.1) is 6.07 Å². The highest BCUT2D eigenvalue weighted by Crippen LogP contribution is 2.72. The molecule has 1 unspecified atom stereocenters. The van der Waals surface area contributed by atoms with Crippen molar-refractivity contribution in [3.05, 3.63) is 103 Å². The smallest absolute Gasteiger partial charge is 0.127 e. The van der Waals surface area contributed by atoms with Crippen LogP contribution < -0.4 is 25.4 Å². The zero-order valence-electron chi connectivity index (χ0n) is 25.1. The molecule has 1 radical (unpaired) electrons. The third kappa shape index (κ3) is 6.32. The van der Waals surface area contributed by atoms with Crippen LogP contribution >= 0.6 is 15.2 Å². The first kappa shape index (κ1) is 29.4. The van der Waals surface area contributed by atoms with E-state index in [0.717, 1.165) is 28.5 Å². The van der Waals surface area contributed by atoms with Crippen LogP contribution in [0.3, 0.4) is 0 Å². The lowest BCUT2D eigenvalue weighted by molar-refractivity contribution is 0.410. The number of rotatable bonds is 9. The van der Waals surface area contributed by atoms with Crippen molar-refractivity contribution in [2.75, 3.05) is 14.2 Å². The Labute approximate surface area is 255 Å². The summed E-state index contributed by atoms with van der Waals surface area (Å²) in [6.45, 7) is 0. The normalized spacial score (nSPS) is 17.9. The van der Waals surface area contributed by atoms with Crippen LogP contribution in [0.5, 0.6) is 11.5 Å². The van der Waals surface area contributed by atoms with Crippen molar-refractivity contribution in [1.82, 2.24) is 0 Å². The monoisotopic (exact) mass is 593 g/mol. The first-order chi connectivity index (χ1) is 20.8. The summed E-state index contributed by atoms with van der Waals surface area (Å²) in [6.07, 6.45) is 13.4. The maximum atomic E-state index is 6.09. The second kappa shape index (κ2) is 14.2. The summed E-state index contributed by atoms with van der Waals surface area (Å²) >= 11 is 0. The van der Waals surface area contributed by atoms with Gasteiger partial charge in [0.2, 0.25) is 0 Å². The Hall–Kier alpha value is -2.66. The molecular formula is C38H43O2P2. The van der Waals surface area contributed by atoms with Gasteiger partial charge in [-0.2, -0.15) is 0 Å². The van der Waals surface area contributed by atoms with Gasteiger partial charge < -0.3 is 9.47 Å². The summed E-state index contributed by atoms with van der Waals surface area (Å²) in [5.74, 6) is 2.48. The number of methoxy groups -OCH3 is 2. The molecule has 0 heterocycles. The fourth-order valence-corrected chi connectivity index (χ4v) is 16.3. The van der Waals surface area contributed by atoms with Crippen LogP contribution in [0.1, 0.15) is 75.7 Å². The SMILES string of the molecule is COc1ccc[c]c1-c1c(OC)cccc1P(C1CCCCC1)[P@@](c1ccccc1)c1ccc(C2CCCCC2)cc1. The highest BCUT2D eigenvalue weighted by molar-refractivity contribution is 8.39. The molecule has 0 amide bonds. The highest BCUT2D eigenvalue weighted by Gasteiger charge is 2.36. The minimum atomic E-state index is -0.627. The van der Waals surface area contributed by atoms with Crippen LogP contribution in [0.2, 0.25) is 0 Å². The van der Waals surface area contributed by atoms with Gasteiger partial charge in [-0.25, -0.2) is 0 Å². The fourth-order valence-electron chi connectivity index (χ4n) is 7.00. The van der Waals surface area contributed by atoms with E-state index in [1.165, 1.54) is 85.7 Å². The third-order valence-electron chi connectivity index (χ3n) is 9.11. The minimum absolute atomic E-state index is 0.589. The van der Waals surface area contributed by atoms with Crippen LogP contribution in [0.25, 0.3) is 11.1 Å². The average molecular weight is 594 g/mol. The molecule has 0 aliphatic heterocycles. The van der Waals surface area contributed by atoms with Gasteiger partial charge in [-0.15, -0.1) is 0 Å². The zero-order valence-corrected chi connectivity index (χ0v) is 26.9. The second-order valence-corrected chi connectivity index (χ2v) is 17.7. The van der Waals surface area contributed by atoms with Gasteiger partial charge in [-0.05, 0) is 92.2 Å². The van der Waals surface area contributed by atoms with Crippen molar-refractivity contribution in [3.63, 3.8) is 0 Å². The van der Waals surface area contributed by atoms with Gasteiger partial charge in [-0.3, -0.25) is 0 Å². The van der Waals surface area contributed by atoms with Gasteiger partial charge in [0, 0.05) is 11.1 Å². The van der Waals surface area contributed by atoms with Crippen molar-refractivity contribution >= 4 is 31.1 Å². The quantitative estimate of drug-likeness (QED) is 0.180. The lowest BCUT2D eigenvalue weighted by atomic mass is 9.84. The van der Waals surface area contributed by atoms with Crippen molar-refractivity contribution in [2.45, 2.75) is 75.8 Å². The molecule has 4 aromatic carbocycles. The van der Waals surface area contributed by atoms with Gasteiger partial charge >= 0.3 is 0 Å².